The molecule has 0 radical (unpaired) electrons. The van der Waals surface area contributed by atoms with E-state index in [-0.39, 0.29) is 18.0 Å². The number of nitrogens with zero attached hydrogens (tertiary/aromatic N) is 4. The highest BCUT2D eigenvalue weighted by atomic mass is 16.2. The molecule has 0 saturated heterocycles. The molecule has 1 amide bonds. The largest absolute Gasteiger partial charge is 0.325 e. The molecule has 0 saturated carbocycles. The molecular formula is C21H25N5O2. The van der Waals surface area contributed by atoms with Gasteiger partial charge in [0.2, 0.25) is 11.9 Å². The smallest absolute Gasteiger partial charge is 0.258 e. The van der Waals surface area contributed by atoms with Crippen molar-refractivity contribution in [3.63, 3.8) is 0 Å². The number of hydrogen-bond donors (Lipinski definition) is 1. The van der Waals surface area contributed by atoms with Crippen LogP contribution in [0, 0.1) is 27.7 Å². The molecule has 0 fully saturated rings. The Morgan fingerprint density at radius 1 is 1.14 bits per heavy atom. The van der Waals surface area contributed by atoms with Crippen LogP contribution in [0.3, 0.4) is 0 Å². The molecule has 2 aromatic heterocycles. The fraction of sp³-hybridized carbons (Fsp3) is 0.333. The molecule has 3 aromatic rings. The highest BCUT2D eigenvalue weighted by Gasteiger charge is 2.19. The standard InChI is InChI=1S/C21H25N5O2/c1-6-18-16(5)22-21(26-15(4)11-14(3)24-26)25(20(18)28)12-19(27)23-17-9-7-8-13(2)10-17/h7-11H,6,12H2,1-5H3,(H,23,27). The average molecular weight is 379 g/mol. The van der Waals surface area contributed by atoms with Crippen LogP contribution in [-0.2, 0) is 17.8 Å². The Bertz CT molecular complexity index is 1090. The van der Waals surface area contributed by atoms with Gasteiger partial charge in [0.1, 0.15) is 6.54 Å². The van der Waals surface area contributed by atoms with Crippen molar-refractivity contribution in [2.45, 2.75) is 47.6 Å². The second kappa shape index (κ2) is 7.80. The van der Waals surface area contributed by atoms with Gasteiger partial charge in [-0.15, -0.1) is 0 Å². The van der Waals surface area contributed by atoms with E-state index in [1.807, 2.05) is 65.0 Å². The third-order valence-corrected chi connectivity index (χ3v) is 4.61. The van der Waals surface area contributed by atoms with Crippen molar-refractivity contribution in [2.75, 3.05) is 5.32 Å². The van der Waals surface area contributed by atoms with Crippen molar-refractivity contribution >= 4 is 11.6 Å². The number of amides is 1. The molecule has 0 aliphatic carbocycles. The summed E-state index contributed by atoms with van der Waals surface area (Å²) in [7, 11) is 0. The van der Waals surface area contributed by atoms with Gasteiger partial charge in [-0.2, -0.15) is 5.10 Å². The molecule has 3 rings (SSSR count). The number of carbonyl (C=O) groups excluding carboxylic acids is 1. The first-order valence-electron chi connectivity index (χ1n) is 9.30. The van der Waals surface area contributed by atoms with E-state index in [1.165, 1.54) is 4.57 Å². The molecule has 0 spiro atoms. The number of anilines is 1. The van der Waals surface area contributed by atoms with Crippen LogP contribution in [0.5, 0.6) is 0 Å². The molecule has 0 aliphatic rings. The number of rotatable bonds is 5. The predicted molar refractivity (Wildman–Crippen MR) is 109 cm³/mol. The lowest BCUT2D eigenvalue weighted by molar-refractivity contribution is -0.116. The van der Waals surface area contributed by atoms with Gasteiger partial charge in [0, 0.05) is 16.9 Å². The molecule has 2 heterocycles. The maximum absolute atomic E-state index is 13.1. The Morgan fingerprint density at radius 3 is 2.50 bits per heavy atom. The lowest BCUT2D eigenvalue weighted by Gasteiger charge is -2.16. The van der Waals surface area contributed by atoms with Crippen molar-refractivity contribution in [3.8, 4) is 5.95 Å². The third-order valence-electron chi connectivity index (χ3n) is 4.61. The molecule has 146 valence electrons. The van der Waals surface area contributed by atoms with Crippen molar-refractivity contribution in [1.82, 2.24) is 19.3 Å². The molecule has 7 heteroatoms. The van der Waals surface area contributed by atoms with Crippen LogP contribution < -0.4 is 10.9 Å². The summed E-state index contributed by atoms with van der Waals surface area (Å²) < 4.78 is 3.01. The number of nitrogens with one attached hydrogen (secondary N) is 1. The lowest BCUT2D eigenvalue weighted by Crippen LogP contribution is -2.34. The second-order valence-corrected chi connectivity index (χ2v) is 6.98. The Labute approximate surface area is 164 Å². The number of hydrogen-bond acceptors (Lipinski definition) is 4. The maximum Gasteiger partial charge on any atom is 0.258 e. The van der Waals surface area contributed by atoms with E-state index in [2.05, 4.69) is 15.4 Å². The van der Waals surface area contributed by atoms with Crippen molar-refractivity contribution in [2.24, 2.45) is 0 Å². The van der Waals surface area contributed by atoms with Gasteiger partial charge in [-0.3, -0.25) is 14.2 Å². The molecule has 1 aromatic carbocycles. The summed E-state index contributed by atoms with van der Waals surface area (Å²) in [6.45, 7) is 9.31. The summed E-state index contributed by atoms with van der Waals surface area (Å²) in [6, 6.07) is 9.44. The highest BCUT2D eigenvalue weighted by Crippen LogP contribution is 2.13. The maximum atomic E-state index is 13.1. The Morgan fingerprint density at radius 2 is 1.89 bits per heavy atom. The summed E-state index contributed by atoms with van der Waals surface area (Å²) >= 11 is 0. The average Bonchev–Trinajstić information content (AvgIpc) is 2.95. The van der Waals surface area contributed by atoms with Crippen LogP contribution >= 0.6 is 0 Å². The van der Waals surface area contributed by atoms with Gasteiger partial charge in [0.15, 0.2) is 0 Å². The summed E-state index contributed by atoms with van der Waals surface area (Å²) in [5, 5.41) is 7.30. The van der Waals surface area contributed by atoms with Crippen molar-refractivity contribution < 1.29 is 4.79 Å². The molecule has 1 N–H and O–H groups in total. The van der Waals surface area contributed by atoms with Gasteiger partial charge in [-0.1, -0.05) is 19.1 Å². The predicted octanol–water partition coefficient (Wildman–Crippen LogP) is 2.86. The first kappa shape index (κ1) is 19.5. The van der Waals surface area contributed by atoms with Crippen LogP contribution in [-0.4, -0.2) is 25.2 Å². The summed E-state index contributed by atoms with van der Waals surface area (Å²) in [6.07, 6.45) is 0.550. The fourth-order valence-corrected chi connectivity index (χ4v) is 3.30. The third kappa shape index (κ3) is 3.88. The van der Waals surface area contributed by atoms with Gasteiger partial charge in [0.25, 0.3) is 5.56 Å². The van der Waals surface area contributed by atoms with E-state index in [0.29, 0.717) is 29.3 Å². The Balaban J connectivity index is 2.04. The molecule has 0 atom stereocenters. The summed E-state index contributed by atoms with van der Waals surface area (Å²) in [5.74, 6) is 0.0629. The van der Waals surface area contributed by atoms with Gasteiger partial charge in [-0.05, 0) is 57.9 Å². The van der Waals surface area contributed by atoms with E-state index in [9.17, 15) is 9.59 Å². The highest BCUT2D eigenvalue weighted by molar-refractivity contribution is 5.90. The minimum Gasteiger partial charge on any atom is -0.325 e. The number of aryl methyl sites for hydroxylation is 4. The minimum absolute atomic E-state index is 0.138. The first-order valence-corrected chi connectivity index (χ1v) is 9.30. The van der Waals surface area contributed by atoms with E-state index < -0.39 is 0 Å². The number of benzene rings is 1. The molecule has 28 heavy (non-hydrogen) atoms. The number of carbonyl (C=O) groups is 1. The van der Waals surface area contributed by atoms with E-state index in [0.717, 1.165) is 17.0 Å². The van der Waals surface area contributed by atoms with Crippen LogP contribution in [0.15, 0.2) is 35.1 Å². The first-order chi connectivity index (χ1) is 13.3. The summed E-state index contributed by atoms with van der Waals surface area (Å²) in [4.78, 5) is 30.4. The fourth-order valence-electron chi connectivity index (χ4n) is 3.30. The second-order valence-electron chi connectivity index (χ2n) is 6.98. The SMILES string of the molecule is CCc1c(C)nc(-n2nc(C)cc2C)n(CC(=O)Nc2cccc(C)c2)c1=O. The molecule has 0 aliphatic heterocycles. The van der Waals surface area contributed by atoms with Gasteiger partial charge in [0.05, 0.1) is 11.4 Å². The van der Waals surface area contributed by atoms with Crippen LogP contribution in [0.4, 0.5) is 5.69 Å². The van der Waals surface area contributed by atoms with E-state index in [1.54, 1.807) is 4.68 Å². The van der Waals surface area contributed by atoms with Gasteiger partial charge in [-0.25, -0.2) is 9.67 Å². The van der Waals surface area contributed by atoms with Crippen molar-refractivity contribution in [3.05, 3.63) is 68.9 Å². The normalized spacial score (nSPS) is 10.9. The Hall–Kier alpha value is -3.22. The molecule has 0 bridgehead atoms. The van der Waals surface area contributed by atoms with Crippen LogP contribution in [0.1, 0.15) is 35.1 Å². The van der Waals surface area contributed by atoms with E-state index >= 15 is 0 Å². The molecule has 0 unspecified atom stereocenters. The topological polar surface area (TPSA) is 81.8 Å². The quantitative estimate of drug-likeness (QED) is 0.739. The summed E-state index contributed by atoms with van der Waals surface area (Å²) in [5.41, 5.74) is 4.46. The van der Waals surface area contributed by atoms with Crippen molar-refractivity contribution in [1.29, 1.82) is 0 Å². The van der Waals surface area contributed by atoms with Crippen LogP contribution in [0.2, 0.25) is 0 Å². The van der Waals surface area contributed by atoms with Gasteiger partial charge < -0.3 is 5.32 Å². The molecule has 7 nitrogen and oxygen atoms in total. The minimum atomic E-state index is -0.289. The Kier molecular flexibility index (Phi) is 5.44. The zero-order valence-electron chi connectivity index (χ0n) is 16.9. The van der Waals surface area contributed by atoms with E-state index in [4.69, 9.17) is 0 Å². The number of aromatic nitrogens is 4. The molecular weight excluding hydrogens is 354 g/mol. The monoisotopic (exact) mass is 379 g/mol. The lowest BCUT2D eigenvalue weighted by atomic mass is 10.2. The zero-order valence-corrected chi connectivity index (χ0v) is 16.9. The zero-order chi connectivity index (χ0) is 20.4. The van der Waals surface area contributed by atoms with Gasteiger partial charge >= 0.3 is 0 Å². The van der Waals surface area contributed by atoms with Crippen LogP contribution in [0.25, 0.3) is 5.95 Å².